The molecule has 2 unspecified atom stereocenters. The van der Waals surface area contributed by atoms with E-state index in [1.807, 2.05) is 6.07 Å². The van der Waals surface area contributed by atoms with Gasteiger partial charge in [0, 0.05) is 29.8 Å². The van der Waals surface area contributed by atoms with Crippen molar-refractivity contribution in [3.05, 3.63) is 65.0 Å². The number of rotatable bonds is 4. The SMILES string of the molecule is COc1c(C)cccc1CN1C2CCC1CC(O)(c1ccccc1F)C2. The lowest BCUT2D eigenvalue weighted by Crippen LogP contribution is -2.49. The van der Waals surface area contributed by atoms with Gasteiger partial charge in [-0.25, -0.2) is 4.39 Å². The highest BCUT2D eigenvalue weighted by Gasteiger charge is 2.49. The fourth-order valence-corrected chi connectivity index (χ4v) is 4.96. The number of benzene rings is 2. The van der Waals surface area contributed by atoms with E-state index in [1.54, 1.807) is 19.2 Å². The van der Waals surface area contributed by atoms with E-state index >= 15 is 0 Å². The van der Waals surface area contributed by atoms with E-state index in [1.165, 1.54) is 11.6 Å². The molecule has 26 heavy (non-hydrogen) atoms. The van der Waals surface area contributed by atoms with Crippen LogP contribution in [0.15, 0.2) is 42.5 Å². The van der Waals surface area contributed by atoms with Crippen LogP contribution in [0.4, 0.5) is 4.39 Å². The van der Waals surface area contributed by atoms with Crippen molar-refractivity contribution >= 4 is 0 Å². The minimum atomic E-state index is -1.07. The number of halogens is 1. The molecule has 0 amide bonds. The summed E-state index contributed by atoms with van der Waals surface area (Å²) in [5.74, 6) is 0.644. The molecule has 2 aliphatic heterocycles. The lowest BCUT2D eigenvalue weighted by Gasteiger charge is -2.44. The summed E-state index contributed by atoms with van der Waals surface area (Å²) in [4.78, 5) is 2.48. The van der Waals surface area contributed by atoms with Crippen LogP contribution in [0.5, 0.6) is 5.75 Å². The highest BCUT2D eigenvalue weighted by molar-refractivity contribution is 5.41. The first-order valence-corrected chi connectivity index (χ1v) is 9.37. The maximum absolute atomic E-state index is 14.3. The van der Waals surface area contributed by atoms with Crippen LogP contribution in [0.1, 0.15) is 42.4 Å². The average molecular weight is 355 g/mol. The predicted molar refractivity (Wildman–Crippen MR) is 99.6 cm³/mol. The molecule has 2 aromatic rings. The summed E-state index contributed by atoms with van der Waals surface area (Å²) in [6, 6.07) is 13.4. The maximum atomic E-state index is 14.3. The number of hydrogen-bond donors (Lipinski definition) is 1. The second kappa shape index (κ2) is 6.67. The van der Waals surface area contributed by atoms with Gasteiger partial charge in [-0.2, -0.15) is 0 Å². The van der Waals surface area contributed by atoms with Crippen LogP contribution in [0.2, 0.25) is 0 Å². The number of fused-ring (bicyclic) bond motifs is 2. The first-order chi connectivity index (χ1) is 12.5. The molecule has 0 aromatic heterocycles. The third-order valence-corrected chi connectivity index (χ3v) is 6.14. The van der Waals surface area contributed by atoms with Crippen LogP contribution < -0.4 is 4.74 Å². The highest BCUT2D eigenvalue weighted by atomic mass is 19.1. The minimum absolute atomic E-state index is 0.267. The number of methoxy groups -OCH3 is 1. The predicted octanol–water partition coefficient (Wildman–Crippen LogP) is 4.16. The summed E-state index contributed by atoms with van der Waals surface area (Å²) < 4.78 is 19.9. The first kappa shape index (κ1) is 17.5. The zero-order chi connectivity index (χ0) is 18.3. The highest BCUT2D eigenvalue weighted by Crippen LogP contribution is 2.47. The Labute approximate surface area is 154 Å². The van der Waals surface area contributed by atoms with Crippen molar-refractivity contribution in [3.63, 3.8) is 0 Å². The second-order valence-electron chi connectivity index (χ2n) is 7.74. The zero-order valence-electron chi connectivity index (χ0n) is 15.4. The number of aliphatic hydroxyl groups is 1. The normalized spacial score (nSPS) is 28.3. The maximum Gasteiger partial charge on any atom is 0.129 e. The van der Waals surface area contributed by atoms with Crippen LogP contribution >= 0.6 is 0 Å². The van der Waals surface area contributed by atoms with Crippen LogP contribution in [-0.4, -0.2) is 29.2 Å². The van der Waals surface area contributed by atoms with Crippen molar-refractivity contribution in [3.8, 4) is 5.75 Å². The monoisotopic (exact) mass is 355 g/mol. The van der Waals surface area contributed by atoms with Crippen LogP contribution in [0.3, 0.4) is 0 Å². The van der Waals surface area contributed by atoms with Gasteiger partial charge >= 0.3 is 0 Å². The first-order valence-electron chi connectivity index (χ1n) is 9.37. The Morgan fingerprint density at radius 2 is 1.81 bits per heavy atom. The molecule has 138 valence electrons. The second-order valence-corrected chi connectivity index (χ2v) is 7.74. The Bertz CT molecular complexity index is 792. The summed E-state index contributed by atoms with van der Waals surface area (Å²) in [6.45, 7) is 2.87. The molecule has 2 atom stereocenters. The summed E-state index contributed by atoms with van der Waals surface area (Å²) in [7, 11) is 1.72. The van der Waals surface area contributed by atoms with Crippen molar-refractivity contribution in [1.82, 2.24) is 4.90 Å². The summed E-state index contributed by atoms with van der Waals surface area (Å²) in [6.07, 6.45) is 3.27. The van der Waals surface area contributed by atoms with E-state index in [0.717, 1.165) is 30.7 Å². The van der Waals surface area contributed by atoms with Gasteiger partial charge in [0.1, 0.15) is 11.6 Å². The Morgan fingerprint density at radius 3 is 2.46 bits per heavy atom. The smallest absolute Gasteiger partial charge is 0.129 e. The molecule has 2 bridgehead atoms. The number of hydrogen-bond acceptors (Lipinski definition) is 3. The number of para-hydroxylation sites is 1. The van der Waals surface area contributed by atoms with Crippen LogP contribution in [0, 0.1) is 12.7 Å². The van der Waals surface area contributed by atoms with E-state index < -0.39 is 5.60 Å². The van der Waals surface area contributed by atoms with E-state index in [2.05, 4.69) is 30.0 Å². The zero-order valence-corrected chi connectivity index (χ0v) is 15.4. The van der Waals surface area contributed by atoms with Gasteiger partial charge in [0.2, 0.25) is 0 Å². The molecule has 2 aliphatic rings. The minimum Gasteiger partial charge on any atom is -0.496 e. The Morgan fingerprint density at radius 1 is 1.12 bits per heavy atom. The van der Waals surface area contributed by atoms with Gasteiger partial charge in [0.05, 0.1) is 12.7 Å². The standard InChI is InChI=1S/C22H26FNO2/c1-15-6-5-7-16(21(15)26-2)14-24-17-10-11-18(24)13-22(25,12-17)19-8-3-4-9-20(19)23/h3-9,17-18,25H,10-14H2,1-2H3. The molecule has 2 aromatic carbocycles. The molecule has 0 saturated carbocycles. The molecule has 2 saturated heterocycles. The Kier molecular flexibility index (Phi) is 4.49. The van der Waals surface area contributed by atoms with Crippen molar-refractivity contribution in [2.75, 3.05) is 7.11 Å². The largest absolute Gasteiger partial charge is 0.496 e. The molecule has 2 heterocycles. The van der Waals surface area contributed by atoms with Crippen LogP contribution in [0.25, 0.3) is 0 Å². The molecule has 0 radical (unpaired) electrons. The molecule has 0 spiro atoms. The Balaban J connectivity index is 1.58. The number of ether oxygens (including phenoxy) is 1. The van der Waals surface area contributed by atoms with Gasteiger partial charge in [-0.3, -0.25) is 4.90 Å². The lowest BCUT2D eigenvalue weighted by atomic mass is 9.80. The molecular weight excluding hydrogens is 329 g/mol. The van der Waals surface area contributed by atoms with E-state index in [0.29, 0.717) is 18.4 Å². The average Bonchev–Trinajstić information content (AvgIpc) is 2.86. The molecule has 0 aliphatic carbocycles. The summed E-state index contributed by atoms with van der Waals surface area (Å²) >= 11 is 0. The number of nitrogens with zero attached hydrogens (tertiary/aromatic N) is 1. The van der Waals surface area contributed by atoms with Gasteiger partial charge in [-0.15, -0.1) is 0 Å². The lowest BCUT2D eigenvalue weighted by molar-refractivity contribution is -0.0616. The Hall–Kier alpha value is -1.91. The fourth-order valence-electron chi connectivity index (χ4n) is 4.96. The van der Waals surface area contributed by atoms with Crippen molar-refractivity contribution in [2.24, 2.45) is 0 Å². The van der Waals surface area contributed by atoms with E-state index in [-0.39, 0.29) is 17.9 Å². The van der Waals surface area contributed by atoms with E-state index in [9.17, 15) is 9.50 Å². The topological polar surface area (TPSA) is 32.7 Å². The van der Waals surface area contributed by atoms with Crippen molar-refractivity contribution < 1.29 is 14.2 Å². The number of aryl methyl sites for hydroxylation is 1. The van der Waals surface area contributed by atoms with Gasteiger partial charge < -0.3 is 9.84 Å². The third kappa shape index (κ3) is 2.91. The van der Waals surface area contributed by atoms with Gasteiger partial charge in [-0.1, -0.05) is 36.4 Å². The molecule has 3 nitrogen and oxygen atoms in total. The molecule has 4 heteroatoms. The molecule has 1 N–H and O–H groups in total. The molecular formula is C22H26FNO2. The van der Waals surface area contributed by atoms with Gasteiger partial charge in [0.15, 0.2) is 0 Å². The fraction of sp³-hybridized carbons (Fsp3) is 0.455. The van der Waals surface area contributed by atoms with Crippen molar-refractivity contribution in [1.29, 1.82) is 0 Å². The molecule has 2 fully saturated rings. The summed E-state index contributed by atoms with van der Waals surface area (Å²) in [5, 5.41) is 11.2. The quantitative estimate of drug-likeness (QED) is 0.894. The van der Waals surface area contributed by atoms with Gasteiger partial charge in [-0.05, 0) is 44.2 Å². The molecule has 4 rings (SSSR count). The summed E-state index contributed by atoms with van der Waals surface area (Å²) in [5.41, 5.74) is 1.70. The van der Waals surface area contributed by atoms with Crippen molar-refractivity contribution in [2.45, 2.75) is 56.8 Å². The number of piperidine rings is 1. The third-order valence-electron chi connectivity index (χ3n) is 6.14. The van der Waals surface area contributed by atoms with E-state index in [4.69, 9.17) is 4.74 Å². The van der Waals surface area contributed by atoms with Gasteiger partial charge in [0.25, 0.3) is 0 Å². The van der Waals surface area contributed by atoms with Crippen LogP contribution in [-0.2, 0) is 12.1 Å².